The van der Waals surface area contributed by atoms with Crippen LogP contribution in [0.1, 0.15) is 4.88 Å². The van der Waals surface area contributed by atoms with Gasteiger partial charge in [0, 0.05) is 10.6 Å². The zero-order valence-electron chi connectivity index (χ0n) is 11.9. The number of carbonyl (C=O) groups excluding carboxylic acids is 1. The van der Waals surface area contributed by atoms with Crippen LogP contribution in [0.15, 0.2) is 34.7 Å². The largest absolute Gasteiger partial charge is 0.480 e. The first-order chi connectivity index (χ1) is 10.9. The van der Waals surface area contributed by atoms with E-state index in [9.17, 15) is 19.5 Å². The number of nitrogens with one attached hydrogen (secondary N) is 1. The van der Waals surface area contributed by atoms with Gasteiger partial charge < -0.3 is 15.5 Å². The van der Waals surface area contributed by atoms with Gasteiger partial charge in [0.05, 0.1) is 6.42 Å². The third kappa shape index (κ3) is 4.42. The minimum atomic E-state index is -1.30. The van der Waals surface area contributed by atoms with Gasteiger partial charge in [-0.3, -0.25) is 9.79 Å². The van der Waals surface area contributed by atoms with Gasteiger partial charge in [0.2, 0.25) is 5.91 Å². The lowest BCUT2D eigenvalue weighted by Gasteiger charge is -2.25. The summed E-state index contributed by atoms with van der Waals surface area (Å²) >= 11 is 2.53. The van der Waals surface area contributed by atoms with E-state index < -0.39 is 29.3 Å². The Hall–Kier alpha value is -2.13. The number of carbonyl (C=O) groups is 3. The Morgan fingerprint density at radius 1 is 1.43 bits per heavy atom. The third-order valence-corrected chi connectivity index (χ3v) is 5.12. The molecule has 9 heteroatoms. The van der Waals surface area contributed by atoms with Crippen molar-refractivity contribution >= 4 is 46.7 Å². The van der Waals surface area contributed by atoms with Crippen LogP contribution < -0.4 is 5.32 Å². The second-order valence-corrected chi connectivity index (χ2v) is 6.86. The van der Waals surface area contributed by atoms with E-state index in [1.807, 2.05) is 5.38 Å². The summed E-state index contributed by atoms with van der Waals surface area (Å²) in [4.78, 5) is 39.3. The average Bonchev–Trinajstić information content (AvgIpc) is 2.97. The van der Waals surface area contributed by atoms with Gasteiger partial charge in [-0.25, -0.2) is 9.59 Å². The fraction of sp³-hybridized carbons (Fsp3) is 0.286. The number of carboxylic acid groups (broad SMARTS) is 2. The number of nitrogens with zero attached hydrogens (tertiary/aromatic N) is 1. The number of amides is 1. The number of hydrogen-bond donors (Lipinski definition) is 3. The molecule has 3 N–H and O–H groups in total. The summed E-state index contributed by atoms with van der Waals surface area (Å²) in [6.45, 7) is 3.60. The van der Waals surface area contributed by atoms with E-state index in [4.69, 9.17) is 5.11 Å². The van der Waals surface area contributed by atoms with Crippen LogP contribution in [0.5, 0.6) is 0 Å². The zero-order valence-corrected chi connectivity index (χ0v) is 13.5. The number of thiophene rings is 1. The minimum Gasteiger partial charge on any atom is -0.480 e. The maximum Gasteiger partial charge on any atom is 0.354 e. The highest BCUT2D eigenvalue weighted by Crippen LogP contribution is 2.26. The molecule has 2 heterocycles. The van der Waals surface area contributed by atoms with Crippen molar-refractivity contribution in [1.82, 2.24) is 5.32 Å². The molecule has 1 aliphatic heterocycles. The van der Waals surface area contributed by atoms with E-state index in [1.54, 1.807) is 12.1 Å². The number of thioether (sulfide) groups is 1. The fourth-order valence-corrected chi connectivity index (χ4v) is 3.71. The van der Waals surface area contributed by atoms with E-state index >= 15 is 0 Å². The summed E-state index contributed by atoms with van der Waals surface area (Å²) in [5.41, 5.74) is 0.0836. The molecular weight excluding hydrogens is 340 g/mol. The number of carboxylic acids is 2. The van der Waals surface area contributed by atoms with Crippen molar-refractivity contribution in [3.63, 3.8) is 0 Å². The predicted molar refractivity (Wildman–Crippen MR) is 88.0 cm³/mol. The maximum atomic E-state index is 12.0. The lowest BCUT2D eigenvalue weighted by molar-refractivity contribution is -0.141. The highest BCUT2D eigenvalue weighted by atomic mass is 32.2. The molecule has 1 aromatic rings. The standard InChI is InChI=1S/C14H14N2O5S2/c1-7-6-23-12(16-10(7)13(18)19)11(14(20)21)15-9(17)5-8-3-2-4-22-8/h2-4,11-12H,1,5-6H2,(H,15,17)(H,18,19)(H,20,21). The van der Waals surface area contributed by atoms with Gasteiger partial charge in [-0.1, -0.05) is 12.6 Å². The average molecular weight is 354 g/mol. The van der Waals surface area contributed by atoms with Gasteiger partial charge in [0.15, 0.2) is 6.04 Å². The zero-order chi connectivity index (χ0) is 17.0. The molecule has 0 spiro atoms. The van der Waals surface area contributed by atoms with E-state index in [0.29, 0.717) is 5.57 Å². The molecule has 0 bridgehead atoms. The van der Waals surface area contributed by atoms with E-state index in [1.165, 1.54) is 11.3 Å². The second kappa shape index (κ2) is 7.42. The monoisotopic (exact) mass is 354 g/mol. The van der Waals surface area contributed by atoms with Gasteiger partial charge in [0.1, 0.15) is 11.1 Å². The molecule has 1 amide bonds. The van der Waals surface area contributed by atoms with Gasteiger partial charge in [0.25, 0.3) is 0 Å². The number of rotatable bonds is 6. The molecule has 1 aromatic heterocycles. The van der Waals surface area contributed by atoms with Gasteiger partial charge in [-0.15, -0.1) is 23.1 Å². The third-order valence-electron chi connectivity index (χ3n) is 3.00. The van der Waals surface area contributed by atoms with Crippen molar-refractivity contribution < 1.29 is 24.6 Å². The van der Waals surface area contributed by atoms with Crippen LogP contribution in [0.4, 0.5) is 0 Å². The van der Waals surface area contributed by atoms with E-state index in [-0.39, 0.29) is 17.9 Å². The smallest absolute Gasteiger partial charge is 0.354 e. The summed E-state index contributed by atoms with van der Waals surface area (Å²) in [6.07, 6.45) is 0.0705. The lowest BCUT2D eigenvalue weighted by atomic mass is 10.2. The van der Waals surface area contributed by atoms with Crippen LogP contribution in [0, 0.1) is 0 Å². The van der Waals surface area contributed by atoms with Crippen molar-refractivity contribution in [2.45, 2.75) is 17.8 Å². The van der Waals surface area contributed by atoms with Crippen LogP contribution in [0.25, 0.3) is 0 Å². The van der Waals surface area contributed by atoms with Gasteiger partial charge >= 0.3 is 11.9 Å². The van der Waals surface area contributed by atoms with Gasteiger partial charge in [-0.2, -0.15) is 0 Å². The Kier molecular flexibility index (Phi) is 5.56. The van der Waals surface area contributed by atoms with Gasteiger partial charge in [-0.05, 0) is 17.0 Å². The highest BCUT2D eigenvalue weighted by molar-refractivity contribution is 8.00. The summed E-state index contributed by atoms with van der Waals surface area (Å²) in [7, 11) is 0. The van der Waals surface area contributed by atoms with Crippen molar-refractivity contribution in [3.05, 3.63) is 34.5 Å². The second-order valence-electron chi connectivity index (χ2n) is 4.73. The molecule has 1 aliphatic rings. The van der Waals surface area contributed by atoms with Crippen LogP contribution in [-0.4, -0.2) is 50.9 Å². The van der Waals surface area contributed by atoms with Crippen LogP contribution >= 0.6 is 23.1 Å². The number of aliphatic imine (C=N–C) groups is 1. The van der Waals surface area contributed by atoms with Crippen molar-refractivity contribution in [2.24, 2.45) is 4.99 Å². The summed E-state index contributed by atoms with van der Waals surface area (Å²) < 4.78 is 0. The maximum absolute atomic E-state index is 12.0. The quantitative estimate of drug-likeness (QED) is 0.702. The lowest BCUT2D eigenvalue weighted by Crippen LogP contribution is -2.48. The summed E-state index contributed by atoms with van der Waals surface area (Å²) in [5.74, 6) is -2.71. The Morgan fingerprint density at radius 3 is 2.74 bits per heavy atom. The molecule has 2 unspecified atom stereocenters. The summed E-state index contributed by atoms with van der Waals surface area (Å²) in [5, 5.41) is 21.7. The molecule has 0 saturated carbocycles. The molecule has 0 aliphatic carbocycles. The molecule has 23 heavy (non-hydrogen) atoms. The minimum absolute atomic E-state index is 0.0705. The Balaban J connectivity index is 2.12. The van der Waals surface area contributed by atoms with Crippen LogP contribution in [0.3, 0.4) is 0 Å². The van der Waals surface area contributed by atoms with E-state index in [0.717, 1.165) is 16.6 Å². The molecule has 0 radical (unpaired) electrons. The first-order valence-corrected chi connectivity index (χ1v) is 8.46. The van der Waals surface area contributed by atoms with Crippen LogP contribution in [-0.2, 0) is 20.8 Å². The molecule has 0 fully saturated rings. The molecule has 7 nitrogen and oxygen atoms in total. The predicted octanol–water partition coefficient (Wildman–Crippen LogP) is 1.01. The SMILES string of the molecule is C=C1CSC(C(NC(=O)Cc2cccs2)C(=O)O)N=C1C(=O)O. The molecule has 0 saturated heterocycles. The molecule has 0 aromatic carbocycles. The first kappa shape index (κ1) is 17.2. The Bertz CT molecular complexity index is 669. The van der Waals surface area contributed by atoms with Crippen LogP contribution in [0.2, 0.25) is 0 Å². The first-order valence-electron chi connectivity index (χ1n) is 6.54. The van der Waals surface area contributed by atoms with Crippen molar-refractivity contribution in [1.29, 1.82) is 0 Å². The number of aliphatic carboxylic acids is 2. The molecule has 2 atom stereocenters. The Labute approximate surface area is 140 Å². The number of hydrogen-bond acceptors (Lipinski definition) is 6. The Morgan fingerprint density at radius 2 is 2.17 bits per heavy atom. The van der Waals surface area contributed by atoms with E-state index in [2.05, 4.69) is 16.9 Å². The highest BCUT2D eigenvalue weighted by Gasteiger charge is 2.34. The van der Waals surface area contributed by atoms with Crippen molar-refractivity contribution in [3.8, 4) is 0 Å². The van der Waals surface area contributed by atoms with Crippen molar-refractivity contribution in [2.75, 3.05) is 5.75 Å². The topological polar surface area (TPSA) is 116 Å². The summed E-state index contributed by atoms with van der Waals surface area (Å²) in [6, 6.07) is 2.28. The molecule has 122 valence electrons. The fourth-order valence-electron chi connectivity index (χ4n) is 1.94. The normalized spacial score (nSPS) is 18.9. The molecule has 2 rings (SSSR count). The molecular formula is C14H14N2O5S2.